The van der Waals surface area contributed by atoms with Crippen molar-refractivity contribution in [2.24, 2.45) is 0 Å². The molecular weight excluding hydrogens is 160 g/mol. The van der Waals surface area contributed by atoms with E-state index in [1.807, 2.05) is 13.0 Å². The highest BCUT2D eigenvalue weighted by atomic mass is 35.5. The van der Waals surface area contributed by atoms with Crippen LogP contribution in [0.5, 0.6) is 5.75 Å². The van der Waals surface area contributed by atoms with Crippen LogP contribution in [0.4, 0.5) is 0 Å². The zero-order chi connectivity index (χ0) is 8.27. The van der Waals surface area contributed by atoms with Crippen LogP contribution < -0.4 is 0 Å². The summed E-state index contributed by atoms with van der Waals surface area (Å²) < 4.78 is 0. The number of rotatable bonds is 1. The van der Waals surface area contributed by atoms with Crippen LogP contribution in [0.1, 0.15) is 12.5 Å². The Labute approximate surface area is 70.9 Å². The number of hydrogen-bond donors (Lipinski definition) is 1. The molecule has 0 saturated carbocycles. The third-order valence-electron chi connectivity index (χ3n) is 1.40. The van der Waals surface area contributed by atoms with E-state index in [1.54, 1.807) is 24.3 Å². The van der Waals surface area contributed by atoms with Crippen molar-refractivity contribution in [2.45, 2.75) is 6.92 Å². The van der Waals surface area contributed by atoms with E-state index in [-0.39, 0.29) is 5.75 Å². The van der Waals surface area contributed by atoms with E-state index < -0.39 is 0 Å². The van der Waals surface area contributed by atoms with Crippen LogP contribution in [0, 0.1) is 0 Å². The van der Waals surface area contributed by atoms with Crippen LogP contribution >= 0.6 is 11.6 Å². The van der Waals surface area contributed by atoms with Crippen molar-refractivity contribution in [2.75, 3.05) is 0 Å². The number of phenols is 1. The standard InChI is InChI=1S/C9H9ClO/c1-2-9(10)7-3-5-8(11)6-4-7/h2-6,11H,1H3/b9-2+. The first-order chi connectivity index (χ1) is 5.24. The molecule has 1 aromatic carbocycles. The molecule has 1 nitrogen and oxygen atoms in total. The van der Waals surface area contributed by atoms with E-state index in [0.29, 0.717) is 5.03 Å². The summed E-state index contributed by atoms with van der Waals surface area (Å²) in [6.45, 7) is 1.87. The highest BCUT2D eigenvalue weighted by Crippen LogP contribution is 2.20. The summed E-state index contributed by atoms with van der Waals surface area (Å²) >= 11 is 5.82. The van der Waals surface area contributed by atoms with Gasteiger partial charge in [-0.2, -0.15) is 0 Å². The molecule has 0 aromatic heterocycles. The Hall–Kier alpha value is -0.950. The maximum absolute atomic E-state index is 8.95. The summed E-state index contributed by atoms with van der Waals surface area (Å²) in [5.74, 6) is 0.259. The van der Waals surface area contributed by atoms with Crippen molar-refractivity contribution >= 4 is 16.6 Å². The number of aromatic hydroxyl groups is 1. The highest BCUT2D eigenvalue weighted by Gasteiger charge is 1.94. The molecule has 0 aliphatic rings. The van der Waals surface area contributed by atoms with Crippen molar-refractivity contribution in [3.8, 4) is 5.75 Å². The third-order valence-corrected chi connectivity index (χ3v) is 1.83. The molecule has 1 aromatic rings. The molecule has 1 rings (SSSR count). The van der Waals surface area contributed by atoms with Gasteiger partial charge < -0.3 is 5.11 Å². The van der Waals surface area contributed by atoms with E-state index in [2.05, 4.69) is 0 Å². The molecular formula is C9H9ClO. The van der Waals surface area contributed by atoms with Gasteiger partial charge in [-0.25, -0.2) is 0 Å². The van der Waals surface area contributed by atoms with Crippen molar-refractivity contribution in [3.63, 3.8) is 0 Å². The van der Waals surface area contributed by atoms with Gasteiger partial charge in [0.05, 0.1) is 0 Å². The zero-order valence-corrected chi connectivity index (χ0v) is 6.97. The first-order valence-electron chi connectivity index (χ1n) is 3.35. The zero-order valence-electron chi connectivity index (χ0n) is 6.21. The molecule has 2 heteroatoms. The quantitative estimate of drug-likeness (QED) is 0.684. The first kappa shape index (κ1) is 8.15. The fraction of sp³-hybridized carbons (Fsp3) is 0.111. The molecule has 0 heterocycles. The SMILES string of the molecule is C/C=C(/Cl)c1ccc(O)cc1. The van der Waals surface area contributed by atoms with Gasteiger partial charge in [0.1, 0.15) is 5.75 Å². The van der Waals surface area contributed by atoms with Crippen LogP contribution in [0.15, 0.2) is 30.3 Å². The molecule has 0 aliphatic heterocycles. The predicted molar refractivity (Wildman–Crippen MR) is 47.6 cm³/mol. The van der Waals surface area contributed by atoms with Crippen LogP contribution in [0.2, 0.25) is 0 Å². The van der Waals surface area contributed by atoms with Gasteiger partial charge in [-0.15, -0.1) is 0 Å². The van der Waals surface area contributed by atoms with E-state index >= 15 is 0 Å². The van der Waals surface area contributed by atoms with Crippen molar-refractivity contribution < 1.29 is 5.11 Å². The Morgan fingerprint density at radius 2 is 1.91 bits per heavy atom. The Bertz CT molecular complexity index is 261. The Kier molecular flexibility index (Phi) is 2.55. The highest BCUT2D eigenvalue weighted by molar-refractivity contribution is 6.48. The van der Waals surface area contributed by atoms with Crippen LogP contribution in [-0.2, 0) is 0 Å². The summed E-state index contributed by atoms with van der Waals surface area (Å²) in [7, 11) is 0. The molecule has 0 aliphatic carbocycles. The second-order valence-electron chi connectivity index (χ2n) is 2.18. The molecule has 0 saturated heterocycles. The summed E-state index contributed by atoms with van der Waals surface area (Å²) in [6, 6.07) is 6.78. The van der Waals surface area contributed by atoms with Crippen LogP contribution in [0.3, 0.4) is 0 Å². The third kappa shape index (κ3) is 1.99. The molecule has 0 bridgehead atoms. The van der Waals surface area contributed by atoms with Crippen LogP contribution in [-0.4, -0.2) is 5.11 Å². The van der Waals surface area contributed by atoms with Crippen molar-refractivity contribution in [3.05, 3.63) is 35.9 Å². The fourth-order valence-corrected chi connectivity index (χ4v) is 0.913. The molecule has 11 heavy (non-hydrogen) atoms. The molecule has 0 radical (unpaired) electrons. The fourth-order valence-electron chi connectivity index (χ4n) is 0.787. The lowest BCUT2D eigenvalue weighted by Gasteiger charge is -1.97. The smallest absolute Gasteiger partial charge is 0.115 e. The lowest BCUT2D eigenvalue weighted by molar-refractivity contribution is 0.475. The van der Waals surface area contributed by atoms with Gasteiger partial charge in [0.15, 0.2) is 0 Å². The maximum Gasteiger partial charge on any atom is 0.115 e. The van der Waals surface area contributed by atoms with E-state index in [9.17, 15) is 0 Å². The lowest BCUT2D eigenvalue weighted by Crippen LogP contribution is -1.74. The minimum absolute atomic E-state index is 0.259. The number of halogens is 1. The molecule has 58 valence electrons. The van der Waals surface area contributed by atoms with Crippen LogP contribution in [0.25, 0.3) is 5.03 Å². The Balaban J connectivity index is 2.99. The predicted octanol–water partition coefficient (Wildman–Crippen LogP) is 2.99. The number of benzene rings is 1. The summed E-state index contributed by atoms with van der Waals surface area (Å²) in [6.07, 6.45) is 1.81. The van der Waals surface area contributed by atoms with Gasteiger partial charge in [0, 0.05) is 5.03 Å². The minimum atomic E-state index is 0.259. The molecule has 0 amide bonds. The average Bonchev–Trinajstić information content (AvgIpc) is 2.05. The normalized spacial score (nSPS) is 11.6. The first-order valence-corrected chi connectivity index (χ1v) is 3.73. The monoisotopic (exact) mass is 168 g/mol. The summed E-state index contributed by atoms with van der Waals surface area (Å²) in [5.41, 5.74) is 0.923. The molecule has 1 N–H and O–H groups in total. The Morgan fingerprint density at radius 3 is 2.36 bits per heavy atom. The Morgan fingerprint density at radius 1 is 1.36 bits per heavy atom. The average molecular weight is 169 g/mol. The molecule has 0 spiro atoms. The van der Waals surface area contributed by atoms with Crippen molar-refractivity contribution in [1.82, 2.24) is 0 Å². The van der Waals surface area contributed by atoms with E-state index in [4.69, 9.17) is 16.7 Å². The number of allylic oxidation sites excluding steroid dienone is 1. The molecule has 0 fully saturated rings. The number of hydrogen-bond acceptors (Lipinski definition) is 1. The van der Waals surface area contributed by atoms with Gasteiger partial charge in [-0.3, -0.25) is 0 Å². The second-order valence-corrected chi connectivity index (χ2v) is 2.59. The van der Waals surface area contributed by atoms with Gasteiger partial charge in [-0.1, -0.05) is 17.7 Å². The van der Waals surface area contributed by atoms with Gasteiger partial charge in [0.2, 0.25) is 0 Å². The molecule has 0 atom stereocenters. The topological polar surface area (TPSA) is 20.2 Å². The molecule has 0 unspecified atom stereocenters. The van der Waals surface area contributed by atoms with E-state index in [1.165, 1.54) is 0 Å². The number of phenolic OH excluding ortho intramolecular Hbond substituents is 1. The maximum atomic E-state index is 8.95. The van der Waals surface area contributed by atoms with Gasteiger partial charge in [0.25, 0.3) is 0 Å². The van der Waals surface area contributed by atoms with Gasteiger partial charge >= 0.3 is 0 Å². The minimum Gasteiger partial charge on any atom is -0.508 e. The largest absolute Gasteiger partial charge is 0.508 e. The van der Waals surface area contributed by atoms with Gasteiger partial charge in [-0.05, 0) is 36.8 Å². The summed E-state index contributed by atoms with van der Waals surface area (Å²) in [4.78, 5) is 0. The summed E-state index contributed by atoms with van der Waals surface area (Å²) in [5, 5.41) is 9.65. The van der Waals surface area contributed by atoms with E-state index in [0.717, 1.165) is 5.56 Å². The lowest BCUT2D eigenvalue weighted by atomic mass is 10.2. The second kappa shape index (κ2) is 3.44. The van der Waals surface area contributed by atoms with Crippen molar-refractivity contribution in [1.29, 1.82) is 0 Å².